The van der Waals surface area contributed by atoms with E-state index < -0.39 is 32.5 Å². The van der Waals surface area contributed by atoms with E-state index in [1.807, 2.05) is 0 Å². The number of amides is 1. The number of aromatic nitrogens is 2. The maximum absolute atomic E-state index is 12.2. The van der Waals surface area contributed by atoms with E-state index in [9.17, 15) is 18.0 Å². The molecule has 11 heteroatoms. The number of rotatable bonds is 5. The van der Waals surface area contributed by atoms with Crippen molar-refractivity contribution in [3.8, 4) is 0 Å². The van der Waals surface area contributed by atoms with Crippen LogP contribution in [0.5, 0.6) is 0 Å². The average molecular weight is 366 g/mol. The molecule has 1 aromatic carbocycles. The highest BCUT2D eigenvalue weighted by molar-refractivity contribution is 7.90. The van der Waals surface area contributed by atoms with Gasteiger partial charge in [0.1, 0.15) is 4.90 Å². The van der Waals surface area contributed by atoms with Crippen LogP contribution >= 0.6 is 0 Å². The van der Waals surface area contributed by atoms with Gasteiger partial charge in [-0.05, 0) is 32.0 Å². The van der Waals surface area contributed by atoms with Crippen molar-refractivity contribution in [3.05, 3.63) is 47.3 Å². The summed E-state index contributed by atoms with van der Waals surface area (Å²) in [6.45, 7) is 3.40. The largest absolute Gasteiger partial charge is 0.478 e. The molecule has 132 valence electrons. The highest BCUT2D eigenvalue weighted by atomic mass is 32.2. The summed E-state index contributed by atoms with van der Waals surface area (Å²) in [5, 5.41) is 9.03. The van der Waals surface area contributed by atoms with Crippen molar-refractivity contribution in [1.82, 2.24) is 14.7 Å². The van der Waals surface area contributed by atoms with Crippen molar-refractivity contribution in [3.63, 3.8) is 0 Å². The highest BCUT2D eigenvalue weighted by Crippen LogP contribution is 2.15. The van der Waals surface area contributed by atoms with Crippen molar-refractivity contribution in [1.29, 1.82) is 0 Å². The quantitative estimate of drug-likeness (QED) is 0.664. The number of aryl methyl sites for hydroxylation is 2. The number of hydrogen-bond acceptors (Lipinski definition) is 8. The van der Waals surface area contributed by atoms with Crippen LogP contribution in [0.3, 0.4) is 0 Å². The molecule has 0 atom stereocenters. The molecule has 1 aromatic heterocycles. The van der Waals surface area contributed by atoms with E-state index in [-0.39, 0.29) is 5.95 Å². The summed E-state index contributed by atoms with van der Waals surface area (Å²) < 4.78 is 25.9. The second-order valence-corrected chi connectivity index (χ2v) is 6.52. The fourth-order valence-corrected chi connectivity index (χ4v) is 3.00. The Balaban J connectivity index is 2.10. The molecule has 0 aliphatic rings. The van der Waals surface area contributed by atoms with Gasteiger partial charge in [-0.1, -0.05) is 12.1 Å². The SMILES string of the molecule is Cc1cc(C)nc(NOC(=O)NS(=O)(=O)c2ccccc2C(=O)O)n1. The Bertz CT molecular complexity index is 908. The summed E-state index contributed by atoms with van der Waals surface area (Å²) in [6, 6.07) is 6.54. The molecule has 25 heavy (non-hydrogen) atoms. The molecule has 10 nitrogen and oxygen atoms in total. The van der Waals surface area contributed by atoms with Crippen LogP contribution in [0.15, 0.2) is 35.2 Å². The van der Waals surface area contributed by atoms with Gasteiger partial charge in [-0.2, -0.15) is 5.48 Å². The third-order valence-electron chi connectivity index (χ3n) is 2.84. The Labute approximate surface area is 142 Å². The molecule has 0 saturated carbocycles. The number of carbonyl (C=O) groups is 2. The van der Waals surface area contributed by atoms with E-state index in [1.165, 1.54) is 12.1 Å². The van der Waals surface area contributed by atoms with Crippen LogP contribution in [-0.2, 0) is 14.9 Å². The van der Waals surface area contributed by atoms with Gasteiger partial charge >= 0.3 is 12.1 Å². The van der Waals surface area contributed by atoms with Crippen LogP contribution in [-0.4, -0.2) is 35.6 Å². The topological polar surface area (TPSA) is 148 Å². The molecular weight excluding hydrogens is 352 g/mol. The van der Waals surface area contributed by atoms with E-state index in [4.69, 9.17) is 5.11 Å². The Hall–Kier alpha value is -3.21. The van der Waals surface area contributed by atoms with Gasteiger partial charge in [0.15, 0.2) is 0 Å². The second-order valence-electron chi connectivity index (χ2n) is 4.87. The van der Waals surface area contributed by atoms with E-state index >= 15 is 0 Å². The maximum Gasteiger partial charge on any atom is 0.445 e. The lowest BCUT2D eigenvalue weighted by Crippen LogP contribution is -2.33. The van der Waals surface area contributed by atoms with Gasteiger partial charge in [0.2, 0.25) is 0 Å². The number of hydrogen-bond donors (Lipinski definition) is 3. The monoisotopic (exact) mass is 366 g/mol. The molecule has 0 aliphatic carbocycles. The first-order valence-corrected chi connectivity index (χ1v) is 8.31. The predicted octanol–water partition coefficient (Wildman–Crippen LogP) is 1.23. The average Bonchev–Trinajstić information content (AvgIpc) is 2.51. The Kier molecular flexibility index (Phi) is 5.17. The molecule has 2 rings (SSSR count). The summed E-state index contributed by atoms with van der Waals surface area (Å²) in [5.41, 5.74) is 2.87. The first-order valence-electron chi connectivity index (χ1n) is 6.83. The van der Waals surface area contributed by atoms with Crippen LogP contribution < -0.4 is 10.2 Å². The zero-order valence-corrected chi connectivity index (χ0v) is 14.0. The van der Waals surface area contributed by atoms with Crippen LogP contribution in [0.1, 0.15) is 21.7 Å². The summed E-state index contributed by atoms with van der Waals surface area (Å²) in [4.78, 5) is 34.6. The number of anilines is 1. The standard InChI is InChI=1S/C14H14N4O6S/c1-8-7-9(2)16-13(15-8)17-24-14(21)18-25(22,23)11-6-4-3-5-10(11)12(19)20/h3-7H,1-2H3,(H,18,21)(H,19,20)(H,15,16,17). The Morgan fingerprint density at radius 1 is 1.12 bits per heavy atom. The minimum atomic E-state index is -4.44. The van der Waals surface area contributed by atoms with Gasteiger partial charge in [-0.15, -0.1) is 0 Å². The fourth-order valence-electron chi connectivity index (χ4n) is 1.93. The third-order valence-corrected chi connectivity index (χ3v) is 4.21. The van der Waals surface area contributed by atoms with Crippen molar-refractivity contribution in [2.75, 3.05) is 5.48 Å². The Morgan fingerprint density at radius 3 is 2.32 bits per heavy atom. The number of carbonyl (C=O) groups excluding carboxylic acids is 1. The minimum Gasteiger partial charge on any atom is -0.478 e. The number of benzene rings is 1. The molecule has 0 fully saturated rings. The molecule has 0 unspecified atom stereocenters. The Morgan fingerprint density at radius 2 is 1.72 bits per heavy atom. The maximum atomic E-state index is 12.2. The van der Waals surface area contributed by atoms with Crippen LogP contribution in [0, 0.1) is 13.8 Å². The molecule has 3 N–H and O–H groups in total. The predicted molar refractivity (Wildman–Crippen MR) is 85.3 cm³/mol. The molecule has 0 spiro atoms. The molecule has 0 aliphatic heterocycles. The van der Waals surface area contributed by atoms with E-state index in [0.717, 1.165) is 12.1 Å². The first-order chi connectivity index (χ1) is 11.7. The molecule has 1 heterocycles. The van der Waals surface area contributed by atoms with Gasteiger partial charge in [0.25, 0.3) is 16.0 Å². The molecular formula is C14H14N4O6S. The van der Waals surface area contributed by atoms with Crippen molar-refractivity contribution in [2.45, 2.75) is 18.7 Å². The molecule has 0 bridgehead atoms. The third kappa shape index (κ3) is 4.64. The fraction of sp³-hybridized carbons (Fsp3) is 0.143. The summed E-state index contributed by atoms with van der Waals surface area (Å²) >= 11 is 0. The number of nitrogens with one attached hydrogen (secondary N) is 2. The molecule has 1 amide bonds. The van der Waals surface area contributed by atoms with Gasteiger partial charge in [0, 0.05) is 11.4 Å². The normalized spacial score (nSPS) is 10.8. The number of sulfonamides is 1. The molecule has 0 saturated heterocycles. The summed E-state index contributed by atoms with van der Waals surface area (Å²) in [7, 11) is -4.44. The van der Waals surface area contributed by atoms with E-state index in [1.54, 1.807) is 24.6 Å². The van der Waals surface area contributed by atoms with Gasteiger partial charge in [-0.25, -0.2) is 32.7 Å². The summed E-state index contributed by atoms with van der Waals surface area (Å²) in [6.07, 6.45) is -1.37. The molecule has 2 aromatic rings. The number of aromatic carboxylic acids is 1. The number of nitrogens with zero attached hydrogens (tertiary/aromatic N) is 2. The van der Waals surface area contributed by atoms with Crippen molar-refractivity contribution in [2.24, 2.45) is 0 Å². The number of carboxylic acid groups (broad SMARTS) is 1. The second kappa shape index (κ2) is 7.13. The summed E-state index contributed by atoms with van der Waals surface area (Å²) in [5.74, 6) is -1.48. The zero-order chi connectivity index (χ0) is 18.6. The van der Waals surface area contributed by atoms with Crippen molar-refractivity contribution < 1.29 is 28.0 Å². The van der Waals surface area contributed by atoms with E-state index in [2.05, 4.69) is 20.3 Å². The lowest BCUT2D eigenvalue weighted by Gasteiger charge is -2.10. The van der Waals surface area contributed by atoms with E-state index in [0.29, 0.717) is 11.4 Å². The van der Waals surface area contributed by atoms with Gasteiger partial charge in [-0.3, -0.25) is 0 Å². The lowest BCUT2D eigenvalue weighted by atomic mass is 10.2. The molecule has 0 radical (unpaired) electrons. The minimum absolute atomic E-state index is 0.0315. The highest BCUT2D eigenvalue weighted by Gasteiger charge is 2.24. The van der Waals surface area contributed by atoms with Crippen molar-refractivity contribution >= 4 is 28.0 Å². The van der Waals surface area contributed by atoms with Crippen LogP contribution in [0.2, 0.25) is 0 Å². The van der Waals surface area contributed by atoms with Gasteiger partial charge in [0.05, 0.1) is 5.56 Å². The van der Waals surface area contributed by atoms with Crippen LogP contribution in [0.4, 0.5) is 10.7 Å². The smallest absolute Gasteiger partial charge is 0.445 e. The first kappa shape index (κ1) is 18.1. The van der Waals surface area contributed by atoms with Crippen LogP contribution in [0.25, 0.3) is 0 Å². The zero-order valence-electron chi connectivity index (χ0n) is 13.2. The lowest BCUT2D eigenvalue weighted by molar-refractivity contribution is 0.0692. The number of carboxylic acids is 1. The van der Waals surface area contributed by atoms with Gasteiger partial charge < -0.3 is 9.94 Å².